The van der Waals surface area contributed by atoms with Crippen molar-refractivity contribution in [3.63, 3.8) is 0 Å². The van der Waals surface area contributed by atoms with Crippen LogP contribution in [0.25, 0.3) is 0 Å². The summed E-state index contributed by atoms with van der Waals surface area (Å²) < 4.78 is 5.31. The summed E-state index contributed by atoms with van der Waals surface area (Å²) in [4.78, 5) is 12.5. The summed E-state index contributed by atoms with van der Waals surface area (Å²) in [5, 5.41) is 3.19. The SMILES string of the molecule is Cc1ccoc1C(=O)NC(c1ccccc1)C1CCCC1. The number of rotatable bonds is 4. The van der Waals surface area contributed by atoms with Crippen LogP contribution < -0.4 is 5.32 Å². The first-order chi connectivity index (χ1) is 10.3. The topological polar surface area (TPSA) is 42.2 Å². The number of hydrogen-bond donors (Lipinski definition) is 1. The Kier molecular flexibility index (Phi) is 4.09. The van der Waals surface area contributed by atoms with Gasteiger partial charge in [0.15, 0.2) is 5.76 Å². The summed E-state index contributed by atoms with van der Waals surface area (Å²) in [6.07, 6.45) is 6.43. The molecule has 1 atom stereocenters. The molecule has 0 spiro atoms. The minimum absolute atomic E-state index is 0.0747. The Labute approximate surface area is 125 Å². The second kappa shape index (κ2) is 6.17. The van der Waals surface area contributed by atoms with E-state index in [0.717, 1.165) is 5.56 Å². The van der Waals surface area contributed by atoms with Crippen molar-refractivity contribution >= 4 is 5.91 Å². The Morgan fingerprint density at radius 3 is 2.52 bits per heavy atom. The van der Waals surface area contributed by atoms with Crippen molar-refractivity contribution in [3.05, 3.63) is 59.5 Å². The second-order valence-corrected chi connectivity index (χ2v) is 5.84. The van der Waals surface area contributed by atoms with E-state index < -0.39 is 0 Å². The highest BCUT2D eigenvalue weighted by atomic mass is 16.3. The molecule has 1 saturated carbocycles. The lowest BCUT2D eigenvalue weighted by Crippen LogP contribution is -2.32. The molecule has 0 aliphatic heterocycles. The zero-order chi connectivity index (χ0) is 14.7. The van der Waals surface area contributed by atoms with Crippen LogP contribution in [0, 0.1) is 12.8 Å². The number of carbonyl (C=O) groups is 1. The maximum atomic E-state index is 12.5. The fraction of sp³-hybridized carbons (Fsp3) is 0.389. The smallest absolute Gasteiger partial charge is 0.287 e. The number of nitrogens with one attached hydrogen (secondary N) is 1. The third-order valence-electron chi connectivity index (χ3n) is 4.38. The van der Waals surface area contributed by atoms with Crippen molar-refractivity contribution < 1.29 is 9.21 Å². The van der Waals surface area contributed by atoms with Gasteiger partial charge in [-0.2, -0.15) is 0 Å². The molecule has 3 heteroatoms. The molecule has 110 valence electrons. The van der Waals surface area contributed by atoms with E-state index >= 15 is 0 Å². The van der Waals surface area contributed by atoms with Gasteiger partial charge < -0.3 is 9.73 Å². The Morgan fingerprint density at radius 1 is 1.19 bits per heavy atom. The molecule has 1 aliphatic carbocycles. The molecule has 1 fully saturated rings. The van der Waals surface area contributed by atoms with Crippen LogP contribution in [0.1, 0.15) is 53.4 Å². The van der Waals surface area contributed by atoms with Gasteiger partial charge in [-0.25, -0.2) is 0 Å². The van der Waals surface area contributed by atoms with Gasteiger partial charge in [-0.05, 0) is 37.3 Å². The zero-order valence-corrected chi connectivity index (χ0v) is 12.3. The number of furan rings is 1. The van der Waals surface area contributed by atoms with Crippen molar-refractivity contribution in [2.75, 3.05) is 0 Å². The molecule has 3 nitrogen and oxygen atoms in total. The van der Waals surface area contributed by atoms with E-state index in [4.69, 9.17) is 4.42 Å². The molecule has 1 unspecified atom stereocenters. The van der Waals surface area contributed by atoms with Gasteiger partial charge >= 0.3 is 0 Å². The van der Waals surface area contributed by atoms with Crippen LogP contribution in [0.3, 0.4) is 0 Å². The standard InChI is InChI=1S/C18H21NO2/c1-13-11-12-21-17(13)18(20)19-16(15-9-5-6-10-15)14-7-3-2-4-8-14/h2-4,7-8,11-12,15-16H,5-6,9-10H2,1H3,(H,19,20). The lowest BCUT2D eigenvalue weighted by Gasteiger charge is -2.25. The van der Waals surface area contributed by atoms with E-state index in [1.54, 1.807) is 6.26 Å². The molecule has 0 radical (unpaired) electrons. The average Bonchev–Trinajstić information content (AvgIpc) is 3.17. The average molecular weight is 283 g/mol. The molecule has 1 amide bonds. The summed E-state index contributed by atoms with van der Waals surface area (Å²) in [5.41, 5.74) is 2.06. The lowest BCUT2D eigenvalue weighted by molar-refractivity contribution is 0.0892. The molecule has 3 rings (SSSR count). The minimum Gasteiger partial charge on any atom is -0.459 e. The third-order valence-corrected chi connectivity index (χ3v) is 4.38. The first-order valence-corrected chi connectivity index (χ1v) is 7.65. The predicted molar refractivity (Wildman–Crippen MR) is 82.1 cm³/mol. The molecule has 1 aromatic carbocycles. The fourth-order valence-corrected chi connectivity index (χ4v) is 3.24. The van der Waals surface area contributed by atoms with Gasteiger partial charge in [-0.3, -0.25) is 4.79 Å². The van der Waals surface area contributed by atoms with Crippen LogP contribution in [0.2, 0.25) is 0 Å². The van der Waals surface area contributed by atoms with Crippen LogP contribution in [0.4, 0.5) is 0 Å². The maximum absolute atomic E-state index is 12.5. The van der Waals surface area contributed by atoms with Gasteiger partial charge in [0.05, 0.1) is 12.3 Å². The quantitative estimate of drug-likeness (QED) is 0.911. The Balaban J connectivity index is 1.82. The third kappa shape index (κ3) is 3.02. The lowest BCUT2D eigenvalue weighted by atomic mass is 9.91. The summed E-state index contributed by atoms with van der Waals surface area (Å²) in [6.45, 7) is 1.89. The molecule has 21 heavy (non-hydrogen) atoms. The Hall–Kier alpha value is -2.03. The molecule has 1 N–H and O–H groups in total. The Morgan fingerprint density at radius 2 is 1.90 bits per heavy atom. The van der Waals surface area contributed by atoms with Gasteiger partial charge in [0.25, 0.3) is 5.91 Å². The zero-order valence-electron chi connectivity index (χ0n) is 12.3. The van der Waals surface area contributed by atoms with Gasteiger partial charge in [0.2, 0.25) is 0 Å². The second-order valence-electron chi connectivity index (χ2n) is 5.84. The molecule has 0 saturated heterocycles. The van der Waals surface area contributed by atoms with E-state index in [1.165, 1.54) is 31.2 Å². The molecular formula is C18H21NO2. The minimum atomic E-state index is -0.113. The van der Waals surface area contributed by atoms with Crippen LogP contribution in [0.15, 0.2) is 47.1 Å². The van der Waals surface area contributed by atoms with Gasteiger partial charge in [0.1, 0.15) is 0 Å². The van der Waals surface area contributed by atoms with Crippen LogP contribution >= 0.6 is 0 Å². The molecule has 2 aromatic rings. The number of amides is 1. The number of aryl methyl sites for hydroxylation is 1. The van der Waals surface area contributed by atoms with Crippen molar-refractivity contribution in [1.29, 1.82) is 0 Å². The molecule has 1 heterocycles. The normalized spacial score (nSPS) is 16.8. The van der Waals surface area contributed by atoms with E-state index in [1.807, 2.05) is 31.2 Å². The highest BCUT2D eigenvalue weighted by Crippen LogP contribution is 2.35. The largest absolute Gasteiger partial charge is 0.459 e. The maximum Gasteiger partial charge on any atom is 0.287 e. The molecular weight excluding hydrogens is 262 g/mol. The van der Waals surface area contributed by atoms with Crippen LogP contribution in [-0.2, 0) is 0 Å². The fourth-order valence-electron chi connectivity index (χ4n) is 3.24. The number of hydrogen-bond acceptors (Lipinski definition) is 2. The number of benzene rings is 1. The van der Waals surface area contributed by atoms with E-state index in [0.29, 0.717) is 11.7 Å². The van der Waals surface area contributed by atoms with Crippen molar-refractivity contribution in [2.24, 2.45) is 5.92 Å². The van der Waals surface area contributed by atoms with Crippen LogP contribution in [-0.4, -0.2) is 5.91 Å². The summed E-state index contributed by atoms with van der Waals surface area (Å²) in [5.74, 6) is 0.832. The molecule has 0 bridgehead atoms. The monoisotopic (exact) mass is 283 g/mol. The van der Waals surface area contributed by atoms with Crippen LogP contribution in [0.5, 0.6) is 0 Å². The van der Waals surface area contributed by atoms with Gasteiger partial charge in [-0.1, -0.05) is 43.2 Å². The Bertz CT molecular complexity index is 597. The van der Waals surface area contributed by atoms with E-state index in [9.17, 15) is 4.79 Å². The van der Waals surface area contributed by atoms with Crippen molar-refractivity contribution in [3.8, 4) is 0 Å². The highest BCUT2D eigenvalue weighted by Gasteiger charge is 2.28. The predicted octanol–water partition coefficient (Wildman–Crippen LogP) is 4.25. The first kappa shape index (κ1) is 13.9. The van der Waals surface area contributed by atoms with E-state index in [-0.39, 0.29) is 11.9 Å². The van der Waals surface area contributed by atoms with Gasteiger partial charge in [0, 0.05) is 5.56 Å². The van der Waals surface area contributed by atoms with Crippen molar-refractivity contribution in [2.45, 2.75) is 38.6 Å². The van der Waals surface area contributed by atoms with E-state index in [2.05, 4.69) is 17.4 Å². The number of carbonyl (C=O) groups excluding carboxylic acids is 1. The summed E-state index contributed by atoms with van der Waals surface area (Å²) in [7, 11) is 0. The summed E-state index contributed by atoms with van der Waals surface area (Å²) in [6, 6.07) is 12.2. The van der Waals surface area contributed by atoms with Crippen molar-refractivity contribution in [1.82, 2.24) is 5.32 Å². The summed E-state index contributed by atoms with van der Waals surface area (Å²) >= 11 is 0. The highest BCUT2D eigenvalue weighted by molar-refractivity contribution is 5.93. The molecule has 1 aromatic heterocycles. The van der Waals surface area contributed by atoms with Gasteiger partial charge in [-0.15, -0.1) is 0 Å². The molecule has 1 aliphatic rings. The first-order valence-electron chi connectivity index (χ1n) is 7.65.